The summed E-state index contributed by atoms with van der Waals surface area (Å²) < 4.78 is 11.3. The van der Waals surface area contributed by atoms with E-state index < -0.39 is 16.5 Å². The van der Waals surface area contributed by atoms with Crippen molar-refractivity contribution in [2.45, 2.75) is 12.2 Å². The molecule has 0 saturated heterocycles. The van der Waals surface area contributed by atoms with Crippen molar-refractivity contribution < 1.29 is 19.2 Å². The molecule has 6 nitrogen and oxygen atoms in total. The summed E-state index contributed by atoms with van der Waals surface area (Å²) in [4.78, 5) is 23.7. The van der Waals surface area contributed by atoms with Gasteiger partial charge in [-0.3, -0.25) is 10.1 Å². The molecule has 3 aromatic rings. The van der Waals surface area contributed by atoms with E-state index in [2.05, 4.69) is 0 Å². The van der Waals surface area contributed by atoms with E-state index in [0.29, 0.717) is 16.7 Å². The van der Waals surface area contributed by atoms with Crippen molar-refractivity contribution in [1.82, 2.24) is 0 Å². The van der Waals surface area contributed by atoms with Gasteiger partial charge in [0.25, 0.3) is 5.69 Å². The summed E-state index contributed by atoms with van der Waals surface area (Å²) in [5.41, 5.74) is 0.287. The fourth-order valence-corrected chi connectivity index (χ4v) is 3.08. The highest BCUT2D eigenvalue weighted by molar-refractivity contribution is 5.85. The first-order chi connectivity index (χ1) is 13.6. The lowest BCUT2D eigenvalue weighted by Gasteiger charge is -2.31. The standard InChI is InChI=1S/C22H19NO5/c1-27-22(18-10-4-2-5-11-18,19-12-6-3-7-13-19)21(24)28-16-17-9-8-14-20(15-17)23(25)26/h2-15H,16H2,1H3. The Kier molecular flexibility index (Phi) is 5.81. The average Bonchev–Trinajstić information content (AvgIpc) is 2.75. The zero-order valence-electron chi connectivity index (χ0n) is 15.3. The molecule has 0 aromatic heterocycles. The van der Waals surface area contributed by atoms with Gasteiger partial charge in [0.1, 0.15) is 6.61 Å². The fraction of sp³-hybridized carbons (Fsp3) is 0.136. The first-order valence-corrected chi connectivity index (χ1v) is 8.64. The van der Waals surface area contributed by atoms with Crippen LogP contribution in [0.4, 0.5) is 5.69 Å². The van der Waals surface area contributed by atoms with Crippen molar-refractivity contribution in [3.63, 3.8) is 0 Å². The topological polar surface area (TPSA) is 78.7 Å². The van der Waals surface area contributed by atoms with E-state index in [-0.39, 0.29) is 12.3 Å². The highest BCUT2D eigenvalue weighted by Crippen LogP contribution is 2.35. The van der Waals surface area contributed by atoms with Crippen molar-refractivity contribution in [2.24, 2.45) is 0 Å². The lowest BCUT2D eigenvalue weighted by molar-refractivity contribution is -0.384. The molecule has 0 radical (unpaired) electrons. The Morgan fingerprint density at radius 3 is 2.00 bits per heavy atom. The number of carbonyl (C=O) groups excluding carboxylic acids is 1. The zero-order valence-corrected chi connectivity index (χ0v) is 15.3. The normalized spacial score (nSPS) is 11.0. The minimum absolute atomic E-state index is 0.0577. The van der Waals surface area contributed by atoms with Gasteiger partial charge in [-0.05, 0) is 16.7 Å². The molecule has 0 saturated carbocycles. The first-order valence-electron chi connectivity index (χ1n) is 8.64. The van der Waals surface area contributed by atoms with Gasteiger partial charge in [-0.15, -0.1) is 0 Å². The van der Waals surface area contributed by atoms with Crippen molar-refractivity contribution in [3.05, 3.63) is 112 Å². The molecule has 0 bridgehead atoms. The summed E-state index contributed by atoms with van der Waals surface area (Å²) >= 11 is 0. The van der Waals surface area contributed by atoms with E-state index >= 15 is 0 Å². The van der Waals surface area contributed by atoms with Crippen LogP contribution in [0.3, 0.4) is 0 Å². The minimum Gasteiger partial charge on any atom is -0.458 e. The van der Waals surface area contributed by atoms with E-state index in [1.165, 1.54) is 19.2 Å². The van der Waals surface area contributed by atoms with Crippen LogP contribution >= 0.6 is 0 Å². The lowest BCUT2D eigenvalue weighted by atomic mass is 9.86. The van der Waals surface area contributed by atoms with E-state index in [4.69, 9.17) is 9.47 Å². The summed E-state index contributed by atoms with van der Waals surface area (Å²) in [5.74, 6) is -0.598. The quantitative estimate of drug-likeness (QED) is 0.350. The molecule has 142 valence electrons. The molecule has 0 fully saturated rings. The van der Waals surface area contributed by atoms with Gasteiger partial charge in [0.2, 0.25) is 5.60 Å². The van der Waals surface area contributed by atoms with Crippen molar-refractivity contribution in [2.75, 3.05) is 7.11 Å². The molecule has 0 spiro atoms. The molecule has 0 aliphatic rings. The van der Waals surface area contributed by atoms with Gasteiger partial charge in [0.15, 0.2) is 0 Å². The van der Waals surface area contributed by atoms with Crippen LogP contribution in [0.15, 0.2) is 84.9 Å². The number of methoxy groups -OCH3 is 1. The number of carbonyl (C=O) groups is 1. The Balaban J connectivity index is 1.94. The van der Waals surface area contributed by atoms with Crippen LogP contribution in [-0.4, -0.2) is 18.0 Å². The van der Waals surface area contributed by atoms with E-state index in [1.807, 2.05) is 36.4 Å². The molecule has 0 aliphatic heterocycles. The monoisotopic (exact) mass is 377 g/mol. The Morgan fingerprint density at radius 2 is 1.50 bits per heavy atom. The second-order valence-electron chi connectivity index (χ2n) is 6.12. The maximum absolute atomic E-state index is 13.2. The molecule has 0 unspecified atom stereocenters. The van der Waals surface area contributed by atoms with Crippen LogP contribution in [-0.2, 0) is 26.5 Å². The number of hydrogen-bond acceptors (Lipinski definition) is 5. The molecule has 0 heterocycles. The van der Waals surface area contributed by atoms with Crippen molar-refractivity contribution >= 4 is 11.7 Å². The largest absolute Gasteiger partial charge is 0.458 e. The number of nitro groups is 1. The third-order valence-electron chi connectivity index (χ3n) is 4.45. The van der Waals surface area contributed by atoms with Gasteiger partial charge in [0.05, 0.1) is 4.92 Å². The second-order valence-corrected chi connectivity index (χ2v) is 6.12. The van der Waals surface area contributed by atoms with Gasteiger partial charge < -0.3 is 9.47 Å². The van der Waals surface area contributed by atoms with Crippen LogP contribution in [0.5, 0.6) is 0 Å². The Labute approximate surface area is 162 Å². The molecular weight excluding hydrogens is 358 g/mol. The number of rotatable bonds is 7. The molecular formula is C22H19NO5. The summed E-state index contributed by atoms with van der Waals surface area (Å²) in [7, 11) is 1.45. The fourth-order valence-electron chi connectivity index (χ4n) is 3.08. The second kappa shape index (κ2) is 8.45. The lowest BCUT2D eigenvalue weighted by Crippen LogP contribution is -2.40. The van der Waals surface area contributed by atoms with Gasteiger partial charge in [-0.2, -0.15) is 0 Å². The molecule has 0 atom stereocenters. The highest BCUT2D eigenvalue weighted by Gasteiger charge is 2.44. The Morgan fingerprint density at radius 1 is 0.929 bits per heavy atom. The van der Waals surface area contributed by atoms with Crippen LogP contribution < -0.4 is 0 Å². The number of ether oxygens (including phenoxy) is 2. The maximum Gasteiger partial charge on any atom is 0.348 e. The van der Waals surface area contributed by atoms with Crippen molar-refractivity contribution in [3.8, 4) is 0 Å². The zero-order chi connectivity index (χ0) is 20.0. The Hall–Kier alpha value is -3.51. The summed E-state index contributed by atoms with van der Waals surface area (Å²) in [6.45, 7) is -0.106. The number of benzene rings is 3. The maximum atomic E-state index is 13.2. The predicted molar refractivity (Wildman–Crippen MR) is 104 cm³/mol. The number of nitro benzene ring substituents is 1. The molecule has 0 aliphatic carbocycles. The molecule has 6 heteroatoms. The summed E-state index contributed by atoms with van der Waals surface area (Å²) in [6.07, 6.45) is 0. The van der Waals surface area contributed by atoms with E-state index in [9.17, 15) is 14.9 Å². The first kappa shape index (κ1) is 19.3. The SMILES string of the molecule is COC(C(=O)OCc1cccc([N+](=O)[O-])c1)(c1ccccc1)c1ccccc1. The molecule has 3 aromatic carbocycles. The number of nitrogens with zero attached hydrogens (tertiary/aromatic N) is 1. The number of esters is 1. The van der Waals surface area contributed by atoms with Crippen LogP contribution in [0.1, 0.15) is 16.7 Å². The average molecular weight is 377 g/mol. The van der Waals surface area contributed by atoms with Crippen LogP contribution in [0.25, 0.3) is 0 Å². The van der Waals surface area contributed by atoms with Gasteiger partial charge in [0, 0.05) is 19.2 Å². The highest BCUT2D eigenvalue weighted by atomic mass is 16.6. The van der Waals surface area contributed by atoms with Gasteiger partial charge >= 0.3 is 5.97 Å². The van der Waals surface area contributed by atoms with Crippen LogP contribution in [0, 0.1) is 10.1 Å². The summed E-state index contributed by atoms with van der Waals surface area (Å²) in [6, 6.07) is 24.2. The Bertz CT molecular complexity index is 917. The number of non-ortho nitro benzene ring substituents is 1. The van der Waals surface area contributed by atoms with Crippen molar-refractivity contribution in [1.29, 1.82) is 0 Å². The van der Waals surface area contributed by atoms with Crippen LogP contribution in [0.2, 0.25) is 0 Å². The third kappa shape index (κ3) is 3.77. The molecule has 0 amide bonds. The third-order valence-corrected chi connectivity index (χ3v) is 4.45. The van der Waals surface area contributed by atoms with E-state index in [0.717, 1.165) is 0 Å². The smallest absolute Gasteiger partial charge is 0.348 e. The summed E-state index contributed by atoms with van der Waals surface area (Å²) in [5, 5.41) is 10.9. The van der Waals surface area contributed by atoms with Gasteiger partial charge in [-0.25, -0.2) is 4.79 Å². The number of hydrogen-bond donors (Lipinski definition) is 0. The molecule has 3 rings (SSSR count). The molecule has 0 N–H and O–H groups in total. The minimum atomic E-state index is -1.44. The predicted octanol–water partition coefficient (Wildman–Crippen LogP) is 4.23. The van der Waals surface area contributed by atoms with Gasteiger partial charge in [-0.1, -0.05) is 72.8 Å². The van der Waals surface area contributed by atoms with E-state index in [1.54, 1.807) is 36.4 Å². The molecule has 28 heavy (non-hydrogen) atoms.